The summed E-state index contributed by atoms with van der Waals surface area (Å²) < 4.78 is 3.72. The summed E-state index contributed by atoms with van der Waals surface area (Å²) in [5.41, 5.74) is 2.11. The number of nitrogens with zero attached hydrogens (tertiary/aromatic N) is 4. The first-order chi connectivity index (χ1) is 11.7. The summed E-state index contributed by atoms with van der Waals surface area (Å²) >= 11 is 0. The van der Waals surface area contributed by atoms with E-state index in [4.69, 9.17) is 0 Å². The smallest absolute Gasteiger partial charge is 0.245 e. The second-order valence-electron chi connectivity index (χ2n) is 5.64. The largest absolute Gasteiger partial charge is 0.350 e. The van der Waals surface area contributed by atoms with Gasteiger partial charge in [-0.1, -0.05) is 19.1 Å². The van der Waals surface area contributed by atoms with E-state index in [1.807, 2.05) is 61.1 Å². The van der Waals surface area contributed by atoms with Gasteiger partial charge in [0.2, 0.25) is 5.91 Å². The normalized spacial score (nSPS) is 12.1. The summed E-state index contributed by atoms with van der Waals surface area (Å²) in [6.45, 7) is 4.45. The average Bonchev–Trinajstić information content (AvgIpc) is 3.26. The van der Waals surface area contributed by atoms with E-state index in [2.05, 4.69) is 15.4 Å². The van der Waals surface area contributed by atoms with Crippen molar-refractivity contribution in [1.82, 2.24) is 24.6 Å². The van der Waals surface area contributed by atoms with Crippen molar-refractivity contribution < 1.29 is 4.79 Å². The minimum Gasteiger partial charge on any atom is -0.350 e. The summed E-state index contributed by atoms with van der Waals surface area (Å²) in [4.78, 5) is 16.6. The molecule has 0 spiro atoms. The van der Waals surface area contributed by atoms with Crippen LogP contribution in [0, 0.1) is 6.92 Å². The first kappa shape index (κ1) is 16.0. The van der Waals surface area contributed by atoms with Crippen molar-refractivity contribution in [1.29, 1.82) is 0 Å². The quantitative estimate of drug-likeness (QED) is 0.758. The van der Waals surface area contributed by atoms with Crippen LogP contribution in [-0.4, -0.2) is 25.2 Å². The Morgan fingerprint density at radius 2 is 2.00 bits per heavy atom. The van der Waals surface area contributed by atoms with Crippen molar-refractivity contribution in [3.63, 3.8) is 0 Å². The van der Waals surface area contributed by atoms with Crippen LogP contribution in [0.2, 0.25) is 0 Å². The van der Waals surface area contributed by atoms with E-state index in [-0.39, 0.29) is 11.9 Å². The number of hydrogen-bond acceptors (Lipinski definition) is 3. The average molecular weight is 323 g/mol. The van der Waals surface area contributed by atoms with Crippen molar-refractivity contribution in [2.24, 2.45) is 0 Å². The molecule has 0 bridgehead atoms. The Kier molecular flexibility index (Phi) is 4.74. The van der Waals surface area contributed by atoms with E-state index in [0.29, 0.717) is 13.0 Å². The van der Waals surface area contributed by atoms with Gasteiger partial charge >= 0.3 is 0 Å². The first-order valence-electron chi connectivity index (χ1n) is 8.05. The van der Waals surface area contributed by atoms with E-state index in [1.165, 1.54) is 0 Å². The molecule has 1 unspecified atom stereocenters. The molecule has 1 aromatic carbocycles. The number of rotatable bonds is 6. The van der Waals surface area contributed by atoms with Gasteiger partial charge in [-0.2, -0.15) is 5.10 Å². The molecule has 2 heterocycles. The van der Waals surface area contributed by atoms with Crippen LogP contribution in [0.3, 0.4) is 0 Å². The number of nitrogens with one attached hydrogen (secondary N) is 1. The molecule has 0 radical (unpaired) electrons. The minimum absolute atomic E-state index is 0.0178. The van der Waals surface area contributed by atoms with Gasteiger partial charge in [0, 0.05) is 37.0 Å². The maximum Gasteiger partial charge on any atom is 0.245 e. The molecule has 124 valence electrons. The number of carbonyl (C=O) groups is 1. The van der Waals surface area contributed by atoms with Crippen LogP contribution in [-0.2, 0) is 11.3 Å². The zero-order chi connectivity index (χ0) is 16.9. The van der Waals surface area contributed by atoms with E-state index in [9.17, 15) is 4.79 Å². The predicted octanol–water partition coefficient (Wildman–Crippen LogP) is 2.64. The third kappa shape index (κ3) is 3.37. The molecule has 24 heavy (non-hydrogen) atoms. The molecule has 0 saturated heterocycles. The number of imidazole rings is 1. The Morgan fingerprint density at radius 3 is 2.58 bits per heavy atom. The van der Waals surface area contributed by atoms with E-state index >= 15 is 0 Å². The monoisotopic (exact) mass is 323 g/mol. The summed E-state index contributed by atoms with van der Waals surface area (Å²) in [6, 6.07) is 9.65. The minimum atomic E-state index is -0.270. The van der Waals surface area contributed by atoms with Crippen molar-refractivity contribution in [3.05, 3.63) is 66.5 Å². The topological polar surface area (TPSA) is 64.7 Å². The van der Waals surface area contributed by atoms with Crippen molar-refractivity contribution >= 4 is 5.91 Å². The molecule has 3 rings (SSSR count). The third-order valence-corrected chi connectivity index (χ3v) is 4.04. The fourth-order valence-corrected chi connectivity index (χ4v) is 2.69. The number of aryl methyl sites for hydroxylation is 1. The zero-order valence-corrected chi connectivity index (χ0v) is 13.9. The molecule has 3 aromatic rings. The Morgan fingerprint density at radius 1 is 1.21 bits per heavy atom. The molecule has 6 nitrogen and oxygen atoms in total. The summed E-state index contributed by atoms with van der Waals surface area (Å²) in [6.07, 6.45) is 7.92. The van der Waals surface area contributed by atoms with E-state index in [0.717, 1.165) is 17.1 Å². The second-order valence-corrected chi connectivity index (χ2v) is 5.64. The Labute approximate surface area is 141 Å². The third-order valence-electron chi connectivity index (χ3n) is 4.04. The highest BCUT2D eigenvalue weighted by Crippen LogP contribution is 2.13. The molecular formula is C18H21N5O. The lowest BCUT2D eigenvalue weighted by Gasteiger charge is -2.15. The van der Waals surface area contributed by atoms with Crippen LogP contribution in [0.5, 0.6) is 0 Å². The summed E-state index contributed by atoms with van der Waals surface area (Å²) in [5.74, 6) is 0.928. The summed E-state index contributed by atoms with van der Waals surface area (Å²) in [7, 11) is 0. The standard InChI is InChI=1S/C18H21N5O/c1-3-17(23-11-4-9-21-23)18(24)20-13-15-5-7-16(8-6-15)22-12-10-19-14(22)2/h4-12,17H,3,13H2,1-2H3,(H,20,24). The fraction of sp³-hybridized carbons (Fsp3) is 0.278. The SMILES string of the molecule is CCC(C(=O)NCc1ccc(-n2ccnc2C)cc1)n1cccn1. The number of hydrogen-bond donors (Lipinski definition) is 1. The molecule has 2 aromatic heterocycles. The molecule has 1 N–H and O–H groups in total. The Balaban J connectivity index is 1.62. The predicted molar refractivity (Wildman–Crippen MR) is 91.7 cm³/mol. The van der Waals surface area contributed by atoms with Crippen LogP contribution in [0.15, 0.2) is 55.1 Å². The number of aromatic nitrogens is 4. The first-order valence-corrected chi connectivity index (χ1v) is 8.05. The number of carbonyl (C=O) groups excluding carboxylic acids is 1. The molecule has 0 aliphatic rings. The maximum absolute atomic E-state index is 12.4. The summed E-state index contributed by atoms with van der Waals surface area (Å²) in [5, 5.41) is 7.14. The van der Waals surface area contributed by atoms with Crippen molar-refractivity contribution in [2.75, 3.05) is 0 Å². The highest BCUT2D eigenvalue weighted by Gasteiger charge is 2.17. The van der Waals surface area contributed by atoms with Gasteiger partial charge in [0.25, 0.3) is 0 Å². The maximum atomic E-state index is 12.4. The highest BCUT2D eigenvalue weighted by atomic mass is 16.2. The van der Waals surface area contributed by atoms with Crippen LogP contribution in [0.1, 0.15) is 30.8 Å². The fourth-order valence-electron chi connectivity index (χ4n) is 2.69. The van der Waals surface area contributed by atoms with Crippen LogP contribution < -0.4 is 5.32 Å². The lowest BCUT2D eigenvalue weighted by atomic mass is 10.1. The van der Waals surface area contributed by atoms with E-state index < -0.39 is 0 Å². The second kappa shape index (κ2) is 7.12. The number of amides is 1. The molecule has 0 saturated carbocycles. The molecule has 6 heteroatoms. The lowest BCUT2D eigenvalue weighted by Crippen LogP contribution is -2.32. The van der Waals surface area contributed by atoms with Crippen LogP contribution >= 0.6 is 0 Å². The van der Waals surface area contributed by atoms with Gasteiger partial charge in [-0.05, 0) is 37.1 Å². The van der Waals surface area contributed by atoms with Crippen molar-refractivity contribution in [2.45, 2.75) is 32.9 Å². The Bertz CT molecular complexity index is 789. The van der Waals surface area contributed by atoms with Gasteiger partial charge in [0.15, 0.2) is 0 Å². The zero-order valence-electron chi connectivity index (χ0n) is 13.9. The molecular weight excluding hydrogens is 302 g/mol. The van der Waals surface area contributed by atoms with E-state index in [1.54, 1.807) is 17.1 Å². The molecule has 1 atom stereocenters. The van der Waals surface area contributed by atoms with Gasteiger partial charge < -0.3 is 9.88 Å². The van der Waals surface area contributed by atoms with Gasteiger partial charge in [-0.3, -0.25) is 9.48 Å². The number of benzene rings is 1. The molecule has 0 aliphatic heterocycles. The van der Waals surface area contributed by atoms with Crippen molar-refractivity contribution in [3.8, 4) is 5.69 Å². The molecule has 1 amide bonds. The van der Waals surface area contributed by atoms with Crippen LogP contribution in [0.4, 0.5) is 0 Å². The lowest BCUT2D eigenvalue weighted by molar-refractivity contribution is -0.124. The highest BCUT2D eigenvalue weighted by molar-refractivity contribution is 5.80. The van der Waals surface area contributed by atoms with Gasteiger partial charge in [-0.15, -0.1) is 0 Å². The van der Waals surface area contributed by atoms with Gasteiger partial charge in [0.1, 0.15) is 11.9 Å². The Hall–Kier alpha value is -2.89. The van der Waals surface area contributed by atoms with Gasteiger partial charge in [-0.25, -0.2) is 4.98 Å². The molecule has 0 fully saturated rings. The molecule has 0 aliphatic carbocycles. The van der Waals surface area contributed by atoms with Gasteiger partial charge in [0.05, 0.1) is 0 Å². The van der Waals surface area contributed by atoms with Crippen LogP contribution in [0.25, 0.3) is 5.69 Å².